The molecule has 4 rings (SSSR count). The molecule has 0 radical (unpaired) electrons. The molecular weight excluding hydrogens is 352 g/mol. The number of rotatable bonds is 4. The predicted molar refractivity (Wildman–Crippen MR) is 108 cm³/mol. The number of anilines is 1. The van der Waals surface area contributed by atoms with Crippen molar-refractivity contribution in [2.75, 3.05) is 37.6 Å². The van der Waals surface area contributed by atoms with Gasteiger partial charge in [-0.05, 0) is 47.9 Å². The monoisotopic (exact) mass is 378 g/mol. The molecule has 0 atom stereocenters. The van der Waals surface area contributed by atoms with Crippen LogP contribution in [0.1, 0.15) is 34.8 Å². The van der Waals surface area contributed by atoms with E-state index in [1.54, 1.807) is 0 Å². The molecule has 2 amide bonds. The fourth-order valence-corrected chi connectivity index (χ4v) is 4.02. The molecule has 1 fully saturated rings. The van der Waals surface area contributed by atoms with Gasteiger partial charge in [0.2, 0.25) is 5.91 Å². The Kier molecular flexibility index (Phi) is 5.39. The van der Waals surface area contributed by atoms with Crippen LogP contribution < -0.4 is 4.90 Å². The van der Waals surface area contributed by atoms with Crippen LogP contribution in [0.2, 0.25) is 0 Å². The minimum Gasteiger partial charge on any atom is -0.336 e. The highest BCUT2D eigenvalue weighted by atomic mass is 16.2. The maximum Gasteiger partial charge on any atom is 0.253 e. The zero-order valence-corrected chi connectivity index (χ0v) is 16.3. The molecule has 0 N–H and O–H groups in total. The summed E-state index contributed by atoms with van der Waals surface area (Å²) in [7, 11) is 0. The van der Waals surface area contributed by atoms with Crippen LogP contribution in [0.15, 0.2) is 42.7 Å². The van der Waals surface area contributed by atoms with Crippen molar-refractivity contribution in [1.82, 2.24) is 14.8 Å². The van der Waals surface area contributed by atoms with E-state index in [9.17, 15) is 9.59 Å². The first-order valence-electron chi connectivity index (χ1n) is 9.99. The van der Waals surface area contributed by atoms with Crippen LogP contribution >= 0.6 is 0 Å². The van der Waals surface area contributed by atoms with Gasteiger partial charge in [-0.2, -0.15) is 0 Å². The SMILES string of the molecule is CCC(=O)N1CCc2cc(C(=O)N3CCN(Cc4ccncc4)CC3)ccc21. The molecule has 1 saturated heterocycles. The third kappa shape index (κ3) is 3.78. The molecule has 1 aromatic heterocycles. The Morgan fingerprint density at radius 1 is 1.00 bits per heavy atom. The molecule has 146 valence electrons. The lowest BCUT2D eigenvalue weighted by Gasteiger charge is -2.34. The summed E-state index contributed by atoms with van der Waals surface area (Å²) < 4.78 is 0. The molecule has 0 saturated carbocycles. The van der Waals surface area contributed by atoms with Gasteiger partial charge in [-0.3, -0.25) is 19.5 Å². The number of piperazine rings is 1. The molecule has 6 nitrogen and oxygen atoms in total. The Bertz CT molecular complexity index is 860. The third-order valence-corrected chi connectivity index (χ3v) is 5.64. The van der Waals surface area contributed by atoms with Crippen LogP contribution in [0.25, 0.3) is 0 Å². The largest absolute Gasteiger partial charge is 0.336 e. The summed E-state index contributed by atoms with van der Waals surface area (Å²) in [5, 5.41) is 0. The number of pyridine rings is 1. The number of nitrogens with zero attached hydrogens (tertiary/aromatic N) is 4. The minimum atomic E-state index is 0.0895. The van der Waals surface area contributed by atoms with Crippen molar-refractivity contribution in [2.45, 2.75) is 26.3 Å². The van der Waals surface area contributed by atoms with Gasteiger partial charge in [0.15, 0.2) is 0 Å². The molecule has 2 aliphatic heterocycles. The van der Waals surface area contributed by atoms with Crippen LogP contribution in [0.5, 0.6) is 0 Å². The summed E-state index contributed by atoms with van der Waals surface area (Å²) in [5.74, 6) is 0.231. The molecule has 2 aliphatic rings. The fraction of sp³-hybridized carbons (Fsp3) is 0.409. The molecular formula is C22H26N4O2. The van der Waals surface area contributed by atoms with Crippen molar-refractivity contribution >= 4 is 17.5 Å². The maximum absolute atomic E-state index is 13.0. The Morgan fingerprint density at radius 3 is 2.46 bits per heavy atom. The summed E-state index contributed by atoms with van der Waals surface area (Å²) in [6.45, 7) is 6.71. The smallest absolute Gasteiger partial charge is 0.253 e. The second-order valence-electron chi connectivity index (χ2n) is 7.42. The first kappa shape index (κ1) is 18.6. The van der Waals surface area contributed by atoms with Crippen molar-refractivity contribution in [3.05, 3.63) is 59.4 Å². The quantitative estimate of drug-likeness (QED) is 0.819. The summed E-state index contributed by atoms with van der Waals surface area (Å²) in [4.78, 5) is 35.2. The lowest BCUT2D eigenvalue weighted by molar-refractivity contribution is -0.118. The molecule has 6 heteroatoms. The highest BCUT2D eigenvalue weighted by Crippen LogP contribution is 2.30. The van der Waals surface area contributed by atoms with Crippen molar-refractivity contribution in [1.29, 1.82) is 0 Å². The summed E-state index contributed by atoms with van der Waals surface area (Å²) in [5.41, 5.74) is 4.04. The number of amides is 2. The van der Waals surface area contributed by atoms with Crippen LogP contribution in [0.4, 0.5) is 5.69 Å². The molecule has 2 aromatic rings. The Balaban J connectivity index is 1.37. The minimum absolute atomic E-state index is 0.0895. The first-order chi connectivity index (χ1) is 13.7. The van der Waals surface area contributed by atoms with Crippen LogP contribution in [-0.4, -0.2) is 59.3 Å². The van der Waals surface area contributed by atoms with Gasteiger partial charge in [-0.15, -0.1) is 0 Å². The van der Waals surface area contributed by atoms with E-state index in [0.717, 1.165) is 56.0 Å². The van der Waals surface area contributed by atoms with Gasteiger partial charge in [0.25, 0.3) is 5.91 Å². The number of hydrogen-bond donors (Lipinski definition) is 0. The zero-order chi connectivity index (χ0) is 19.5. The van der Waals surface area contributed by atoms with Gasteiger partial charge in [0.05, 0.1) is 0 Å². The van der Waals surface area contributed by atoms with Gasteiger partial charge in [-0.1, -0.05) is 6.92 Å². The van der Waals surface area contributed by atoms with E-state index in [1.807, 2.05) is 59.4 Å². The highest BCUT2D eigenvalue weighted by molar-refractivity contribution is 5.98. The molecule has 1 aromatic carbocycles. The zero-order valence-electron chi connectivity index (χ0n) is 16.3. The van der Waals surface area contributed by atoms with Crippen molar-refractivity contribution in [2.24, 2.45) is 0 Å². The Labute approximate surface area is 165 Å². The van der Waals surface area contributed by atoms with E-state index < -0.39 is 0 Å². The van der Waals surface area contributed by atoms with Crippen LogP contribution in [0.3, 0.4) is 0 Å². The highest BCUT2D eigenvalue weighted by Gasteiger charge is 2.26. The van der Waals surface area contributed by atoms with E-state index in [2.05, 4.69) is 9.88 Å². The molecule has 28 heavy (non-hydrogen) atoms. The second kappa shape index (κ2) is 8.10. The average molecular weight is 378 g/mol. The maximum atomic E-state index is 13.0. The number of aromatic nitrogens is 1. The van der Waals surface area contributed by atoms with E-state index >= 15 is 0 Å². The standard InChI is InChI=1S/C22H26N4O2/c1-2-21(27)26-10-7-18-15-19(3-4-20(18)26)22(28)25-13-11-24(12-14-25)16-17-5-8-23-9-6-17/h3-6,8-9,15H,2,7,10-14,16H2,1H3. The molecule has 0 spiro atoms. The normalized spacial score (nSPS) is 16.9. The number of carbonyl (C=O) groups excluding carboxylic acids is 2. The van der Waals surface area contributed by atoms with E-state index in [1.165, 1.54) is 5.56 Å². The fourth-order valence-electron chi connectivity index (χ4n) is 4.02. The van der Waals surface area contributed by atoms with Crippen LogP contribution in [-0.2, 0) is 17.8 Å². The van der Waals surface area contributed by atoms with Gasteiger partial charge in [-0.25, -0.2) is 0 Å². The van der Waals surface area contributed by atoms with E-state index in [0.29, 0.717) is 13.0 Å². The van der Waals surface area contributed by atoms with Gasteiger partial charge in [0.1, 0.15) is 0 Å². The second-order valence-corrected chi connectivity index (χ2v) is 7.42. The number of benzene rings is 1. The summed E-state index contributed by atoms with van der Waals surface area (Å²) >= 11 is 0. The average Bonchev–Trinajstić information content (AvgIpc) is 3.17. The number of carbonyl (C=O) groups is 2. The first-order valence-corrected chi connectivity index (χ1v) is 9.99. The van der Waals surface area contributed by atoms with Gasteiger partial charge >= 0.3 is 0 Å². The van der Waals surface area contributed by atoms with E-state index in [4.69, 9.17) is 0 Å². The Morgan fingerprint density at radius 2 is 1.75 bits per heavy atom. The third-order valence-electron chi connectivity index (χ3n) is 5.64. The van der Waals surface area contributed by atoms with Gasteiger partial charge < -0.3 is 9.80 Å². The van der Waals surface area contributed by atoms with Crippen molar-refractivity contribution < 1.29 is 9.59 Å². The van der Waals surface area contributed by atoms with Crippen molar-refractivity contribution in [3.63, 3.8) is 0 Å². The molecule has 0 aliphatic carbocycles. The lowest BCUT2D eigenvalue weighted by Crippen LogP contribution is -2.48. The summed E-state index contributed by atoms with van der Waals surface area (Å²) in [6, 6.07) is 9.85. The predicted octanol–water partition coefficient (Wildman–Crippen LogP) is 2.34. The Hall–Kier alpha value is -2.73. The van der Waals surface area contributed by atoms with E-state index in [-0.39, 0.29) is 11.8 Å². The van der Waals surface area contributed by atoms with Crippen LogP contribution in [0, 0.1) is 0 Å². The van der Waals surface area contributed by atoms with Gasteiger partial charge in [0, 0.05) is 69.3 Å². The van der Waals surface area contributed by atoms with Crippen molar-refractivity contribution in [3.8, 4) is 0 Å². The topological polar surface area (TPSA) is 56.8 Å². The summed E-state index contributed by atoms with van der Waals surface area (Å²) in [6.07, 6.45) is 4.96. The number of fused-ring (bicyclic) bond motifs is 1. The number of hydrogen-bond acceptors (Lipinski definition) is 4. The molecule has 0 unspecified atom stereocenters. The lowest BCUT2D eigenvalue weighted by atomic mass is 10.1. The molecule has 3 heterocycles. The molecule has 0 bridgehead atoms.